The highest BCUT2D eigenvalue weighted by Gasteiger charge is 2.20. The lowest BCUT2D eigenvalue weighted by Gasteiger charge is -2.27. The maximum absolute atomic E-state index is 11.6. The molecule has 0 unspecified atom stereocenters. The summed E-state index contributed by atoms with van der Waals surface area (Å²) in [4.78, 5) is 13.2. The van der Waals surface area contributed by atoms with Gasteiger partial charge in [-0.3, -0.25) is 0 Å². The molecule has 0 bridgehead atoms. The molecule has 4 heteroatoms. The minimum absolute atomic E-state index is 0.0664. The fourth-order valence-corrected chi connectivity index (χ4v) is 1.88. The van der Waals surface area contributed by atoms with Gasteiger partial charge >= 0.3 is 6.09 Å². The summed E-state index contributed by atoms with van der Waals surface area (Å²) in [6.07, 6.45) is 0.522. The Hall–Kier alpha value is -1.55. The molecule has 0 radical (unpaired) electrons. The van der Waals surface area contributed by atoms with E-state index in [2.05, 4.69) is 6.07 Å². The Morgan fingerprint density at radius 1 is 1.38 bits per heavy atom. The highest BCUT2D eigenvalue weighted by molar-refractivity contribution is 5.68. The van der Waals surface area contributed by atoms with Crippen LogP contribution in [0.2, 0.25) is 0 Å². The molecule has 1 amide bonds. The van der Waals surface area contributed by atoms with E-state index in [1.165, 1.54) is 11.1 Å². The second-order valence-corrected chi connectivity index (χ2v) is 3.78. The number of fused-ring (bicyclic) bond motifs is 1. The Kier molecular flexibility index (Phi) is 3.41. The summed E-state index contributed by atoms with van der Waals surface area (Å²) in [5, 5.41) is 8.58. The first-order chi connectivity index (χ1) is 7.81. The Balaban J connectivity index is 1.99. The van der Waals surface area contributed by atoms with E-state index in [4.69, 9.17) is 9.84 Å². The zero-order chi connectivity index (χ0) is 11.4. The minimum atomic E-state index is -0.344. The first-order valence-electron chi connectivity index (χ1n) is 5.40. The molecule has 4 nitrogen and oxygen atoms in total. The van der Waals surface area contributed by atoms with E-state index in [9.17, 15) is 4.79 Å². The van der Waals surface area contributed by atoms with Crippen molar-refractivity contribution in [3.63, 3.8) is 0 Å². The summed E-state index contributed by atoms with van der Waals surface area (Å²) in [6.45, 7) is 1.22. The smallest absolute Gasteiger partial charge is 0.410 e. The third-order valence-electron chi connectivity index (χ3n) is 2.71. The second-order valence-electron chi connectivity index (χ2n) is 3.78. The van der Waals surface area contributed by atoms with Crippen LogP contribution in [-0.2, 0) is 17.7 Å². The largest absolute Gasteiger partial charge is 0.447 e. The molecule has 0 fully saturated rings. The summed E-state index contributed by atoms with van der Waals surface area (Å²) >= 11 is 0. The van der Waals surface area contributed by atoms with Gasteiger partial charge in [-0.2, -0.15) is 0 Å². The van der Waals surface area contributed by atoms with Crippen molar-refractivity contribution in [2.75, 3.05) is 19.8 Å². The van der Waals surface area contributed by atoms with Crippen molar-refractivity contribution in [3.05, 3.63) is 35.4 Å². The molecule has 2 rings (SSSR count). The van der Waals surface area contributed by atoms with Gasteiger partial charge in [0.1, 0.15) is 6.61 Å². The van der Waals surface area contributed by atoms with Crippen LogP contribution in [0.25, 0.3) is 0 Å². The summed E-state index contributed by atoms with van der Waals surface area (Å²) in [7, 11) is 0. The van der Waals surface area contributed by atoms with Gasteiger partial charge in [-0.15, -0.1) is 0 Å². The molecule has 0 atom stereocenters. The van der Waals surface area contributed by atoms with Crippen molar-refractivity contribution in [2.24, 2.45) is 0 Å². The number of nitrogens with zero attached hydrogens (tertiary/aromatic N) is 1. The van der Waals surface area contributed by atoms with Crippen LogP contribution in [0.4, 0.5) is 4.79 Å². The van der Waals surface area contributed by atoms with Crippen molar-refractivity contribution in [1.82, 2.24) is 4.90 Å². The molecule has 16 heavy (non-hydrogen) atoms. The van der Waals surface area contributed by atoms with Gasteiger partial charge in [-0.05, 0) is 17.5 Å². The Labute approximate surface area is 94.4 Å². The molecule has 0 spiro atoms. The van der Waals surface area contributed by atoms with E-state index >= 15 is 0 Å². The molecule has 0 aromatic heterocycles. The SMILES string of the molecule is O=C(OCCO)N1CCc2ccccc2C1. The lowest BCUT2D eigenvalue weighted by molar-refractivity contribution is 0.0806. The topological polar surface area (TPSA) is 49.8 Å². The average molecular weight is 221 g/mol. The van der Waals surface area contributed by atoms with Crippen LogP contribution in [0, 0.1) is 0 Å². The molecule has 1 heterocycles. The lowest BCUT2D eigenvalue weighted by atomic mass is 10.0. The number of amides is 1. The van der Waals surface area contributed by atoms with Crippen LogP contribution in [0.15, 0.2) is 24.3 Å². The number of carbonyl (C=O) groups is 1. The van der Waals surface area contributed by atoms with E-state index < -0.39 is 0 Å². The summed E-state index contributed by atoms with van der Waals surface area (Å²) in [5.74, 6) is 0. The van der Waals surface area contributed by atoms with Crippen molar-refractivity contribution in [2.45, 2.75) is 13.0 Å². The predicted molar refractivity (Wildman–Crippen MR) is 59.0 cm³/mol. The lowest BCUT2D eigenvalue weighted by Crippen LogP contribution is -2.36. The van der Waals surface area contributed by atoms with E-state index in [-0.39, 0.29) is 19.3 Å². The molecule has 1 aromatic rings. The van der Waals surface area contributed by atoms with Crippen LogP contribution in [0.5, 0.6) is 0 Å². The van der Waals surface area contributed by atoms with Gasteiger partial charge in [-0.25, -0.2) is 4.79 Å². The number of aliphatic hydroxyl groups excluding tert-OH is 1. The van der Waals surface area contributed by atoms with Crippen LogP contribution >= 0.6 is 0 Å². The maximum atomic E-state index is 11.6. The molecule has 86 valence electrons. The quantitative estimate of drug-likeness (QED) is 0.815. The Morgan fingerprint density at radius 3 is 2.88 bits per heavy atom. The molecule has 1 aromatic carbocycles. The summed E-state index contributed by atoms with van der Waals surface area (Å²) in [5.41, 5.74) is 2.48. The van der Waals surface area contributed by atoms with E-state index in [1.807, 2.05) is 18.2 Å². The van der Waals surface area contributed by atoms with Crippen molar-refractivity contribution in [1.29, 1.82) is 0 Å². The molecule has 1 aliphatic rings. The standard InChI is InChI=1S/C12H15NO3/c14-7-8-16-12(15)13-6-5-10-3-1-2-4-11(10)9-13/h1-4,14H,5-9H2. The van der Waals surface area contributed by atoms with E-state index in [0.29, 0.717) is 13.1 Å². The van der Waals surface area contributed by atoms with Gasteiger partial charge < -0.3 is 14.7 Å². The number of hydrogen-bond acceptors (Lipinski definition) is 3. The zero-order valence-electron chi connectivity index (χ0n) is 9.06. The number of carbonyl (C=O) groups excluding carboxylic acids is 1. The predicted octanol–water partition coefficient (Wildman–Crippen LogP) is 1.17. The van der Waals surface area contributed by atoms with Gasteiger partial charge in [0.2, 0.25) is 0 Å². The molecule has 0 saturated heterocycles. The maximum Gasteiger partial charge on any atom is 0.410 e. The van der Waals surface area contributed by atoms with Gasteiger partial charge in [0.15, 0.2) is 0 Å². The number of aliphatic hydroxyl groups is 1. The van der Waals surface area contributed by atoms with E-state index in [0.717, 1.165) is 6.42 Å². The second kappa shape index (κ2) is 4.99. The van der Waals surface area contributed by atoms with Crippen LogP contribution < -0.4 is 0 Å². The minimum Gasteiger partial charge on any atom is -0.447 e. The molecule has 0 saturated carbocycles. The number of rotatable bonds is 2. The fourth-order valence-electron chi connectivity index (χ4n) is 1.88. The van der Waals surface area contributed by atoms with Gasteiger partial charge in [0, 0.05) is 13.1 Å². The van der Waals surface area contributed by atoms with Gasteiger partial charge in [0.05, 0.1) is 6.61 Å². The van der Waals surface area contributed by atoms with Crippen LogP contribution in [0.3, 0.4) is 0 Å². The van der Waals surface area contributed by atoms with Crippen molar-refractivity contribution < 1.29 is 14.6 Å². The monoisotopic (exact) mass is 221 g/mol. The average Bonchev–Trinajstić information content (AvgIpc) is 2.35. The van der Waals surface area contributed by atoms with Crippen molar-refractivity contribution >= 4 is 6.09 Å². The van der Waals surface area contributed by atoms with Crippen molar-refractivity contribution in [3.8, 4) is 0 Å². The van der Waals surface area contributed by atoms with Gasteiger partial charge in [0.25, 0.3) is 0 Å². The normalized spacial score (nSPS) is 14.4. The molecule has 1 aliphatic heterocycles. The van der Waals surface area contributed by atoms with E-state index in [1.54, 1.807) is 4.90 Å². The third kappa shape index (κ3) is 2.33. The fraction of sp³-hybridized carbons (Fsp3) is 0.417. The zero-order valence-corrected chi connectivity index (χ0v) is 9.06. The van der Waals surface area contributed by atoms with Crippen LogP contribution in [0.1, 0.15) is 11.1 Å². The molecule has 1 N–H and O–H groups in total. The summed E-state index contributed by atoms with van der Waals surface area (Å²) in [6, 6.07) is 8.10. The Bertz CT molecular complexity index is 378. The highest BCUT2D eigenvalue weighted by Crippen LogP contribution is 2.18. The number of hydrogen-bond donors (Lipinski definition) is 1. The third-order valence-corrected chi connectivity index (χ3v) is 2.71. The van der Waals surface area contributed by atoms with Crippen LogP contribution in [-0.4, -0.2) is 35.9 Å². The summed E-state index contributed by atoms with van der Waals surface area (Å²) < 4.78 is 4.88. The molecular formula is C12H15NO3. The molecule has 0 aliphatic carbocycles. The molecular weight excluding hydrogens is 206 g/mol. The number of benzene rings is 1. The number of ether oxygens (including phenoxy) is 1. The highest BCUT2D eigenvalue weighted by atomic mass is 16.6. The first-order valence-corrected chi connectivity index (χ1v) is 5.40. The first kappa shape index (κ1) is 11.0. The van der Waals surface area contributed by atoms with Gasteiger partial charge in [-0.1, -0.05) is 24.3 Å². The Morgan fingerprint density at radius 2 is 2.12 bits per heavy atom.